The lowest BCUT2D eigenvalue weighted by atomic mass is 10.1. The molecule has 0 N–H and O–H groups in total. The second-order valence-corrected chi connectivity index (χ2v) is 4.40. The first-order valence-electron chi connectivity index (χ1n) is 3.65. The number of rotatable bonds is 0. The highest BCUT2D eigenvalue weighted by molar-refractivity contribution is 14.1. The molecule has 12 heavy (non-hydrogen) atoms. The Hall–Kier alpha value is -0.220. The second-order valence-electron chi connectivity index (χ2n) is 2.72. The van der Waals surface area contributed by atoms with Crippen LogP contribution in [0.3, 0.4) is 0 Å². The van der Waals surface area contributed by atoms with E-state index in [9.17, 15) is 0 Å². The number of fused-ring (bicyclic) bond motifs is 1. The van der Waals surface area contributed by atoms with Crippen LogP contribution in [-0.4, -0.2) is 4.42 Å². The molecule has 1 aliphatic heterocycles. The van der Waals surface area contributed by atoms with E-state index in [0.717, 1.165) is 6.54 Å². The van der Waals surface area contributed by atoms with Gasteiger partial charge in [0.05, 0.1) is 6.54 Å². The van der Waals surface area contributed by atoms with Crippen LogP contribution in [0.5, 0.6) is 0 Å². The van der Waals surface area contributed by atoms with Crippen LogP contribution in [0.25, 0.3) is 6.08 Å². The maximum Gasteiger partial charge on any atom is 0.0598 e. The van der Waals surface area contributed by atoms with Gasteiger partial charge in [-0.3, -0.25) is 4.42 Å². The number of benzene rings is 1. The molecule has 3 heteroatoms. The zero-order chi connectivity index (χ0) is 8.55. The van der Waals surface area contributed by atoms with Crippen molar-refractivity contribution in [1.82, 2.24) is 4.42 Å². The summed E-state index contributed by atoms with van der Waals surface area (Å²) in [7, 11) is 0. The monoisotopic (exact) mass is 291 g/mol. The molecule has 0 fully saturated rings. The van der Waals surface area contributed by atoms with Gasteiger partial charge in [-0.2, -0.15) is 0 Å². The normalized spacial score (nSPS) is 14.7. The van der Waals surface area contributed by atoms with E-state index in [1.165, 1.54) is 14.7 Å². The summed E-state index contributed by atoms with van der Waals surface area (Å²) in [6.07, 6.45) is 3.92. The van der Waals surface area contributed by atoms with E-state index in [2.05, 4.69) is 40.8 Å². The van der Waals surface area contributed by atoms with Gasteiger partial charge in [-0.1, -0.05) is 6.07 Å². The highest BCUT2D eigenvalue weighted by Gasteiger charge is 2.07. The first-order valence-corrected chi connectivity index (χ1v) is 5.06. The lowest BCUT2D eigenvalue weighted by Gasteiger charge is -2.17. The van der Waals surface area contributed by atoms with Gasteiger partial charge in [0, 0.05) is 21.5 Å². The van der Waals surface area contributed by atoms with Gasteiger partial charge in [-0.05, 0) is 51.9 Å². The largest absolute Gasteiger partial charge is 0.288 e. The second kappa shape index (κ2) is 3.26. The van der Waals surface area contributed by atoms with Crippen molar-refractivity contribution in [1.29, 1.82) is 0 Å². The molecule has 1 aromatic carbocycles. The molecule has 1 aromatic rings. The van der Waals surface area contributed by atoms with E-state index >= 15 is 0 Å². The van der Waals surface area contributed by atoms with Gasteiger partial charge in [0.25, 0.3) is 0 Å². The maximum absolute atomic E-state index is 5.83. The summed E-state index contributed by atoms with van der Waals surface area (Å²) in [4.78, 5) is 0. The van der Waals surface area contributed by atoms with Gasteiger partial charge < -0.3 is 0 Å². The molecular formula is C9H7ClIN. The molecule has 0 saturated carbocycles. The molecule has 0 unspecified atom stereocenters. The van der Waals surface area contributed by atoms with Crippen molar-refractivity contribution in [3.8, 4) is 0 Å². The SMILES string of the molecule is ClN1C=Cc2cc(I)ccc2C1. The van der Waals surface area contributed by atoms with Gasteiger partial charge in [0.2, 0.25) is 0 Å². The summed E-state index contributed by atoms with van der Waals surface area (Å²) in [6, 6.07) is 6.38. The smallest absolute Gasteiger partial charge is 0.0598 e. The highest BCUT2D eigenvalue weighted by atomic mass is 127. The number of nitrogens with zero attached hydrogens (tertiary/aromatic N) is 1. The zero-order valence-electron chi connectivity index (χ0n) is 6.30. The van der Waals surface area contributed by atoms with Crippen LogP contribution in [0, 0.1) is 3.57 Å². The predicted octanol–water partition coefficient (Wildman–Crippen LogP) is 3.23. The Bertz CT molecular complexity index is 335. The van der Waals surface area contributed by atoms with Crippen molar-refractivity contribution in [2.24, 2.45) is 0 Å². The van der Waals surface area contributed by atoms with Crippen LogP contribution in [0.4, 0.5) is 0 Å². The molecule has 1 heterocycles. The first-order chi connectivity index (χ1) is 5.75. The van der Waals surface area contributed by atoms with Crippen molar-refractivity contribution in [3.63, 3.8) is 0 Å². The Morgan fingerprint density at radius 3 is 3.08 bits per heavy atom. The molecule has 0 aliphatic carbocycles. The minimum Gasteiger partial charge on any atom is -0.288 e. The van der Waals surface area contributed by atoms with E-state index in [4.69, 9.17) is 11.8 Å². The summed E-state index contributed by atoms with van der Waals surface area (Å²) < 4.78 is 2.92. The maximum atomic E-state index is 5.83. The molecule has 0 atom stereocenters. The number of hydrogen-bond acceptors (Lipinski definition) is 1. The van der Waals surface area contributed by atoms with Crippen molar-refractivity contribution in [2.75, 3.05) is 0 Å². The van der Waals surface area contributed by atoms with Crippen LogP contribution >= 0.6 is 34.4 Å². The molecular weight excluding hydrogens is 284 g/mol. The average Bonchev–Trinajstić information content (AvgIpc) is 2.05. The Balaban J connectivity index is 2.47. The van der Waals surface area contributed by atoms with Gasteiger partial charge >= 0.3 is 0 Å². The third-order valence-electron chi connectivity index (χ3n) is 1.85. The standard InChI is InChI=1S/C9H7ClIN/c10-12-4-3-7-5-9(11)2-1-8(7)6-12/h1-5H,6H2. The fourth-order valence-electron chi connectivity index (χ4n) is 1.24. The molecule has 0 aromatic heterocycles. The summed E-state index contributed by atoms with van der Waals surface area (Å²) in [5, 5.41) is 0. The zero-order valence-corrected chi connectivity index (χ0v) is 9.21. The summed E-state index contributed by atoms with van der Waals surface area (Å²) in [5.41, 5.74) is 2.56. The van der Waals surface area contributed by atoms with Crippen LogP contribution < -0.4 is 0 Å². The predicted molar refractivity (Wildman–Crippen MR) is 59.6 cm³/mol. The minimum atomic E-state index is 0.796. The fourth-order valence-corrected chi connectivity index (χ4v) is 1.94. The minimum absolute atomic E-state index is 0.796. The quantitative estimate of drug-likeness (QED) is 0.524. The van der Waals surface area contributed by atoms with Crippen LogP contribution in [-0.2, 0) is 6.54 Å². The van der Waals surface area contributed by atoms with Crippen molar-refractivity contribution < 1.29 is 0 Å². The van der Waals surface area contributed by atoms with Crippen molar-refractivity contribution >= 4 is 40.4 Å². The lowest BCUT2D eigenvalue weighted by Crippen LogP contribution is -2.08. The van der Waals surface area contributed by atoms with Crippen molar-refractivity contribution in [2.45, 2.75) is 6.54 Å². The third kappa shape index (κ3) is 1.59. The molecule has 0 spiro atoms. The number of halogens is 2. The molecule has 0 saturated heterocycles. The summed E-state index contributed by atoms with van der Waals surface area (Å²) >= 11 is 8.14. The molecule has 62 valence electrons. The first kappa shape index (κ1) is 8.38. The molecule has 0 amide bonds. The van der Waals surface area contributed by atoms with Gasteiger partial charge in [-0.15, -0.1) is 0 Å². The lowest BCUT2D eigenvalue weighted by molar-refractivity contribution is 0.594. The Morgan fingerprint density at radius 2 is 2.25 bits per heavy atom. The average molecular weight is 292 g/mol. The Morgan fingerprint density at radius 1 is 1.42 bits per heavy atom. The van der Waals surface area contributed by atoms with Crippen LogP contribution in [0.2, 0.25) is 0 Å². The van der Waals surface area contributed by atoms with E-state index < -0.39 is 0 Å². The third-order valence-corrected chi connectivity index (χ3v) is 2.75. The molecule has 0 bridgehead atoms. The van der Waals surface area contributed by atoms with Crippen LogP contribution in [0.1, 0.15) is 11.1 Å². The van der Waals surface area contributed by atoms with E-state index in [1.54, 1.807) is 4.42 Å². The molecule has 1 nitrogen and oxygen atoms in total. The highest BCUT2D eigenvalue weighted by Crippen LogP contribution is 2.22. The van der Waals surface area contributed by atoms with Gasteiger partial charge in [0.1, 0.15) is 0 Å². The van der Waals surface area contributed by atoms with Gasteiger partial charge in [0.15, 0.2) is 0 Å². The van der Waals surface area contributed by atoms with Crippen molar-refractivity contribution in [3.05, 3.63) is 39.1 Å². The fraction of sp³-hybridized carbons (Fsp3) is 0.111. The van der Waals surface area contributed by atoms with E-state index in [1.807, 2.05) is 12.3 Å². The Labute approximate surface area is 90.3 Å². The molecule has 1 aliphatic rings. The van der Waals surface area contributed by atoms with E-state index in [0.29, 0.717) is 0 Å². The molecule has 2 rings (SSSR count). The summed E-state index contributed by atoms with van der Waals surface area (Å²) in [6.45, 7) is 0.796. The topological polar surface area (TPSA) is 3.24 Å². The van der Waals surface area contributed by atoms with E-state index in [-0.39, 0.29) is 0 Å². The molecule has 0 radical (unpaired) electrons. The van der Waals surface area contributed by atoms with Crippen LogP contribution in [0.15, 0.2) is 24.4 Å². The Kier molecular flexibility index (Phi) is 2.28. The summed E-state index contributed by atoms with van der Waals surface area (Å²) in [5.74, 6) is 0. The van der Waals surface area contributed by atoms with Gasteiger partial charge in [-0.25, -0.2) is 0 Å². The number of hydrogen-bond donors (Lipinski definition) is 0.